The lowest BCUT2D eigenvalue weighted by Crippen LogP contribution is -2.49. The Bertz CT molecular complexity index is 793. The molecule has 1 atom stereocenters. The second-order valence-electron chi connectivity index (χ2n) is 8.25. The Morgan fingerprint density at radius 1 is 1.19 bits per heavy atom. The van der Waals surface area contributed by atoms with Gasteiger partial charge in [0.25, 0.3) is 5.91 Å². The van der Waals surface area contributed by atoms with Gasteiger partial charge in [0.2, 0.25) is 5.76 Å². The molecule has 0 aliphatic carbocycles. The first kappa shape index (κ1) is 18.6. The molecule has 0 saturated carbocycles. The molecule has 140 valence electrons. The highest BCUT2D eigenvalue weighted by molar-refractivity contribution is 5.92. The molecule has 2 aromatic rings. The van der Waals surface area contributed by atoms with Crippen LogP contribution in [0.1, 0.15) is 61.8 Å². The number of hydrogen-bond donors (Lipinski definition) is 0. The van der Waals surface area contributed by atoms with E-state index < -0.39 is 5.60 Å². The minimum absolute atomic E-state index is 0.0602. The maximum absolute atomic E-state index is 13.4. The predicted molar refractivity (Wildman–Crippen MR) is 99.9 cm³/mol. The third-order valence-electron chi connectivity index (χ3n) is 4.96. The Labute approximate surface area is 155 Å². The zero-order valence-electron chi connectivity index (χ0n) is 16.5. The van der Waals surface area contributed by atoms with Crippen molar-refractivity contribution >= 4 is 5.91 Å². The number of carbonyl (C=O) groups excluding carboxylic acids is 1. The lowest BCUT2D eigenvalue weighted by molar-refractivity contribution is -0.0786. The first-order chi connectivity index (χ1) is 12.1. The van der Waals surface area contributed by atoms with Crippen molar-refractivity contribution in [3.05, 3.63) is 53.2 Å². The summed E-state index contributed by atoms with van der Waals surface area (Å²) in [5, 5.41) is 0. The molecule has 2 heterocycles. The summed E-state index contributed by atoms with van der Waals surface area (Å²) in [6.07, 6.45) is 0.769. The molecule has 3 rings (SSSR count). The highest BCUT2D eigenvalue weighted by atomic mass is 16.5. The smallest absolute Gasteiger partial charge is 0.292 e. The summed E-state index contributed by atoms with van der Waals surface area (Å²) in [5.74, 6) is 0.693. The molecule has 1 fully saturated rings. The monoisotopic (exact) mass is 356 g/mol. The Balaban J connectivity index is 1.99. The van der Waals surface area contributed by atoms with Crippen molar-refractivity contribution in [1.82, 2.24) is 9.88 Å². The molecule has 26 heavy (non-hydrogen) atoms. The minimum Gasteiger partial charge on any atom is -0.436 e. The molecule has 1 amide bonds. The van der Waals surface area contributed by atoms with E-state index in [4.69, 9.17) is 9.15 Å². The van der Waals surface area contributed by atoms with Gasteiger partial charge in [-0.15, -0.1) is 0 Å². The van der Waals surface area contributed by atoms with Crippen molar-refractivity contribution < 1.29 is 13.9 Å². The highest BCUT2D eigenvalue weighted by Crippen LogP contribution is 2.41. The van der Waals surface area contributed by atoms with Crippen LogP contribution in [0.25, 0.3) is 0 Å². The molecule has 1 aromatic carbocycles. The molecule has 1 aromatic heterocycles. The van der Waals surface area contributed by atoms with E-state index in [0.717, 1.165) is 12.0 Å². The van der Waals surface area contributed by atoms with Gasteiger partial charge < -0.3 is 14.1 Å². The van der Waals surface area contributed by atoms with Gasteiger partial charge in [0.1, 0.15) is 0 Å². The Hall–Kier alpha value is -2.14. The third kappa shape index (κ3) is 3.68. The van der Waals surface area contributed by atoms with Crippen molar-refractivity contribution in [1.29, 1.82) is 0 Å². The van der Waals surface area contributed by atoms with Crippen LogP contribution in [0.5, 0.6) is 0 Å². The highest BCUT2D eigenvalue weighted by Gasteiger charge is 2.50. The van der Waals surface area contributed by atoms with Crippen molar-refractivity contribution in [2.75, 3.05) is 0 Å². The molecule has 5 heteroatoms. The zero-order chi connectivity index (χ0) is 19.1. The van der Waals surface area contributed by atoms with Crippen molar-refractivity contribution in [3.63, 3.8) is 0 Å². The largest absolute Gasteiger partial charge is 0.436 e. The molecule has 0 spiro atoms. The topological polar surface area (TPSA) is 55.6 Å². The van der Waals surface area contributed by atoms with Gasteiger partial charge in [-0.25, -0.2) is 4.98 Å². The summed E-state index contributed by atoms with van der Waals surface area (Å²) < 4.78 is 11.9. The summed E-state index contributed by atoms with van der Waals surface area (Å²) in [4.78, 5) is 19.6. The lowest BCUT2D eigenvalue weighted by Gasteiger charge is -2.36. The van der Waals surface area contributed by atoms with Gasteiger partial charge in [0.15, 0.2) is 5.89 Å². The van der Waals surface area contributed by atoms with E-state index in [0.29, 0.717) is 23.9 Å². The van der Waals surface area contributed by atoms with Gasteiger partial charge in [-0.3, -0.25) is 4.79 Å². The molecule has 0 bridgehead atoms. The van der Waals surface area contributed by atoms with Crippen LogP contribution < -0.4 is 0 Å². The second-order valence-corrected chi connectivity index (χ2v) is 8.25. The summed E-state index contributed by atoms with van der Waals surface area (Å²) in [5.41, 5.74) is 0.976. The van der Waals surface area contributed by atoms with Crippen LogP contribution in [-0.4, -0.2) is 33.0 Å². The van der Waals surface area contributed by atoms with Gasteiger partial charge in [0.05, 0.1) is 22.9 Å². The zero-order valence-corrected chi connectivity index (χ0v) is 16.5. The fraction of sp³-hybridized carbons (Fsp3) is 0.524. The van der Waals surface area contributed by atoms with Crippen LogP contribution in [0.2, 0.25) is 0 Å². The number of amides is 1. The summed E-state index contributed by atoms with van der Waals surface area (Å²) in [6, 6.07) is 9.96. The van der Waals surface area contributed by atoms with Gasteiger partial charge in [-0.05, 0) is 46.6 Å². The number of aromatic nitrogens is 1. The number of benzene rings is 1. The van der Waals surface area contributed by atoms with E-state index in [1.165, 1.54) is 0 Å². The average Bonchev–Trinajstić information content (AvgIpc) is 2.99. The van der Waals surface area contributed by atoms with E-state index in [-0.39, 0.29) is 17.6 Å². The van der Waals surface area contributed by atoms with Crippen LogP contribution in [0.15, 0.2) is 34.7 Å². The fourth-order valence-corrected chi connectivity index (χ4v) is 3.98. The van der Waals surface area contributed by atoms with Gasteiger partial charge >= 0.3 is 0 Å². The normalized spacial score (nSPS) is 20.9. The molecule has 0 radical (unpaired) electrons. The number of oxazole rings is 1. The first-order valence-corrected chi connectivity index (χ1v) is 9.08. The van der Waals surface area contributed by atoms with E-state index in [1.807, 2.05) is 42.2 Å². The quantitative estimate of drug-likeness (QED) is 0.820. The van der Waals surface area contributed by atoms with Crippen molar-refractivity contribution in [3.8, 4) is 0 Å². The summed E-state index contributed by atoms with van der Waals surface area (Å²) >= 11 is 0. The molecule has 0 N–H and O–H groups in total. The van der Waals surface area contributed by atoms with E-state index in [2.05, 4.69) is 32.7 Å². The number of ether oxygens (including phenoxy) is 1. The molecule has 1 aliphatic heterocycles. The van der Waals surface area contributed by atoms with E-state index in [9.17, 15) is 4.79 Å². The van der Waals surface area contributed by atoms with Gasteiger partial charge in [-0.1, -0.05) is 30.3 Å². The van der Waals surface area contributed by atoms with Gasteiger partial charge in [0, 0.05) is 13.5 Å². The maximum atomic E-state index is 13.4. The van der Waals surface area contributed by atoms with E-state index in [1.54, 1.807) is 6.92 Å². The van der Waals surface area contributed by atoms with Gasteiger partial charge in [-0.2, -0.15) is 0 Å². The maximum Gasteiger partial charge on any atom is 0.292 e. The fourth-order valence-electron chi connectivity index (χ4n) is 3.98. The Morgan fingerprint density at radius 2 is 1.85 bits per heavy atom. The third-order valence-corrected chi connectivity index (χ3v) is 4.96. The number of hydrogen-bond acceptors (Lipinski definition) is 4. The first-order valence-electron chi connectivity index (χ1n) is 9.08. The molecular formula is C21H28N2O3. The van der Waals surface area contributed by atoms with Crippen LogP contribution in [0, 0.1) is 13.8 Å². The Kier molecular flexibility index (Phi) is 4.69. The minimum atomic E-state index is -0.448. The van der Waals surface area contributed by atoms with Crippen LogP contribution in [0.3, 0.4) is 0 Å². The molecule has 1 unspecified atom stereocenters. The number of aryl methyl sites for hydroxylation is 2. The van der Waals surface area contributed by atoms with E-state index >= 15 is 0 Å². The number of nitrogens with zero attached hydrogens (tertiary/aromatic N) is 2. The van der Waals surface area contributed by atoms with Crippen LogP contribution in [0.4, 0.5) is 0 Å². The molecule has 1 saturated heterocycles. The molecule has 1 aliphatic rings. The van der Waals surface area contributed by atoms with Crippen LogP contribution in [-0.2, 0) is 11.3 Å². The van der Waals surface area contributed by atoms with Crippen molar-refractivity contribution in [2.24, 2.45) is 0 Å². The number of carbonyl (C=O) groups is 1. The average molecular weight is 356 g/mol. The molecule has 5 nitrogen and oxygen atoms in total. The van der Waals surface area contributed by atoms with Crippen LogP contribution >= 0.6 is 0 Å². The van der Waals surface area contributed by atoms with Crippen molar-refractivity contribution in [2.45, 2.75) is 71.8 Å². The standard InChI is InChI=1S/C21H28N2O3/c1-14-18(25-15(2)22-14)19(24)23(13-16-10-8-7-9-11-16)17-12-20(3,4)26-21(17,5)6/h7-11,17H,12-13H2,1-6H3. The SMILES string of the molecule is Cc1nc(C)c(C(=O)N(Cc2ccccc2)C2CC(C)(C)OC2(C)C)o1. The Morgan fingerprint density at radius 3 is 2.35 bits per heavy atom. The predicted octanol–water partition coefficient (Wildman–Crippen LogP) is 4.28. The molecular weight excluding hydrogens is 328 g/mol. The summed E-state index contributed by atoms with van der Waals surface area (Å²) in [6.45, 7) is 12.3. The summed E-state index contributed by atoms with van der Waals surface area (Å²) in [7, 11) is 0. The lowest BCUT2D eigenvalue weighted by atomic mass is 9.92. The second kappa shape index (κ2) is 6.54. The number of rotatable bonds is 4.